The predicted octanol–water partition coefficient (Wildman–Crippen LogP) is 10.6. The molecule has 4 aliphatic carbocycles. The molecule has 0 aromatic rings. The zero-order chi connectivity index (χ0) is 30.8. The maximum atomic E-state index is 15.0. The van der Waals surface area contributed by atoms with Crippen LogP contribution in [0.1, 0.15) is 136 Å². The van der Waals surface area contributed by atoms with Crippen LogP contribution in [0.2, 0.25) is 0 Å². The highest BCUT2D eigenvalue weighted by Crippen LogP contribution is 2.72. The van der Waals surface area contributed by atoms with Crippen molar-refractivity contribution in [1.82, 2.24) is 0 Å². The zero-order valence-electron chi connectivity index (χ0n) is 25.7. The number of halogens is 6. The Hall–Kier alpha value is -0.690. The maximum Gasteiger partial charge on any atom is 0.456 e. The summed E-state index contributed by atoms with van der Waals surface area (Å²) in [4.78, 5) is 12.4. The number of allylic oxidation sites excluding steroid dienone is 1. The highest BCUT2D eigenvalue weighted by atomic mass is 35.5. The van der Waals surface area contributed by atoms with Crippen LogP contribution in [0.3, 0.4) is 0 Å². The highest BCUT2D eigenvalue weighted by Gasteiger charge is 2.79. The van der Waals surface area contributed by atoms with Gasteiger partial charge in [0, 0.05) is 17.7 Å². The largest absolute Gasteiger partial charge is 0.456 e. The van der Waals surface area contributed by atoms with E-state index >= 15 is 0 Å². The Morgan fingerprint density at radius 2 is 1.38 bits per heavy atom. The Kier molecular flexibility index (Phi) is 10.9. The van der Waals surface area contributed by atoms with Crippen molar-refractivity contribution in [3.8, 4) is 0 Å². The molecule has 0 amide bonds. The number of fused-ring (bicyclic) bond motifs is 5. The molecular weight excluding hydrogens is 571 g/mol. The van der Waals surface area contributed by atoms with Gasteiger partial charge in [-0.3, -0.25) is 4.79 Å². The summed E-state index contributed by atoms with van der Waals surface area (Å²) < 4.78 is 70.9. The van der Waals surface area contributed by atoms with Crippen molar-refractivity contribution in [2.24, 2.45) is 34.5 Å². The molecule has 0 heterocycles. The van der Waals surface area contributed by atoms with Crippen LogP contribution in [0.25, 0.3) is 0 Å². The number of rotatable bonds is 14. The van der Waals surface area contributed by atoms with Gasteiger partial charge in [0.1, 0.15) is 5.60 Å². The Morgan fingerprint density at radius 3 is 1.95 bits per heavy atom. The predicted molar refractivity (Wildman–Crippen MR) is 158 cm³/mol. The van der Waals surface area contributed by atoms with E-state index in [4.69, 9.17) is 11.6 Å². The van der Waals surface area contributed by atoms with Gasteiger partial charge in [-0.05, 0) is 86.5 Å². The number of aliphatic hydroxyl groups is 1. The number of hydrogen-bond acceptors (Lipinski definition) is 2. The summed E-state index contributed by atoms with van der Waals surface area (Å²) in [5, 5.41) is 11.3. The molecule has 4 aliphatic rings. The Balaban J connectivity index is 1.42. The van der Waals surface area contributed by atoms with E-state index in [1.807, 2.05) is 6.08 Å². The summed E-state index contributed by atoms with van der Waals surface area (Å²) in [5.41, 5.74) is -3.67. The number of carbonyl (C=O) groups excluding carboxylic acids is 1. The normalized spacial score (nSPS) is 36.8. The molecule has 4 rings (SSSR count). The van der Waals surface area contributed by atoms with Crippen molar-refractivity contribution in [3.05, 3.63) is 11.6 Å². The monoisotopic (exact) mass is 622 g/mol. The minimum absolute atomic E-state index is 0.0176. The van der Waals surface area contributed by atoms with Gasteiger partial charge in [0.2, 0.25) is 0 Å². The van der Waals surface area contributed by atoms with Gasteiger partial charge in [0.25, 0.3) is 0 Å². The molecule has 0 bridgehead atoms. The van der Waals surface area contributed by atoms with Crippen LogP contribution in [0.15, 0.2) is 11.6 Å². The van der Waals surface area contributed by atoms with Crippen LogP contribution in [0.5, 0.6) is 0 Å². The standard InChI is InChI=1S/C34H52ClF5O2/c1-30-18-15-26(41)23-25(30)22-24(14-12-10-8-6-4-3-5-7-9-11-13-21-35)29-27(30)16-19-31(2)28(29)17-20-32(31,42)33(36,37)34(38,39)40/h23-24,27-29,42H,3-22H2,1-2H3/t24-,27+,28+,29-,30+,31+,32+/m1/s1. The maximum absolute atomic E-state index is 15.0. The number of hydrogen-bond donors (Lipinski definition) is 1. The van der Waals surface area contributed by atoms with Gasteiger partial charge in [-0.25, -0.2) is 0 Å². The minimum atomic E-state index is -5.79. The quantitative estimate of drug-likeness (QED) is 0.119. The summed E-state index contributed by atoms with van der Waals surface area (Å²) in [6, 6.07) is 0. The molecule has 0 aliphatic heterocycles. The molecule has 0 radical (unpaired) electrons. The third-order valence-electron chi connectivity index (χ3n) is 12.4. The first-order valence-electron chi connectivity index (χ1n) is 16.7. The molecule has 0 unspecified atom stereocenters. The van der Waals surface area contributed by atoms with Gasteiger partial charge >= 0.3 is 12.1 Å². The van der Waals surface area contributed by atoms with Crippen LogP contribution in [0.4, 0.5) is 22.0 Å². The van der Waals surface area contributed by atoms with Crippen LogP contribution < -0.4 is 0 Å². The van der Waals surface area contributed by atoms with E-state index in [2.05, 4.69) is 6.92 Å². The summed E-state index contributed by atoms with van der Waals surface area (Å²) in [7, 11) is 0. The molecule has 0 saturated heterocycles. The molecule has 0 spiro atoms. The van der Waals surface area contributed by atoms with Crippen LogP contribution in [-0.2, 0) is 4.79 Å². The van der Waals surface area contributed by atoms with Crippen molar-refractivity contribution >= 4 is 17.4 Å². The van der Waals surface area contributed by atoms with E-state index in [0.717, 1.165) is 43.6 Å². The van der Waals surface area contributed by atoms with Gasteiger partial charge in [0.05, 0.1) is 0 Å². The molecule has 2 nitrogen and oxygen atoms in total. The second kappa shape index (κ2) is 13.3. The van der Waals surface area contributed by atoms with Gasteiger partial charge in [-0.2, -0.15) is 22.0 Å². The van der Waals surface area contributed by atoms with Crippen LogP contribution >= 0.6 is 11.6 Å². The van der Waals surface area contributed by atoms with Crippen molar-refractivity contribution in [1.29, 1.82) is 0 Å². The molecule has 8 heteroatoms. The Labute approximate surface area is 254 Å². The van der Waals surface area contributed by atoms with E-state index in [-0.39, 0.29) is 47.7 Å². The third kappa shape index (κ3) is 6.22. The molecule has 42 heavy (non-hydrogen) atoms. The number of alkyl halides is 6. The fourth-order valence-corrected chi connectivity index (χ4v) is 10.0. The van der Waals surface area contributed by atoms with Crippen LogP contribution in [0, 0.1) is 34.5 Å². The molecule has 3 saturated carbocycles. The van der Waals surface area contributed by atoms with E-state index in [1.165, 1.54) is 51.9 Å². The average Bonchev–Trinajstić information content (AvgIpc) is 3.21. The van der Waals surface area contributed by atoms with Crippen molar-refractivity contribution in [3.63, 3.8) is 0 Å². The van der Waals surface area contributed by atoms with Gasteiger partial charge in [0.15, 0.2) is 5.78 Å². The van der Waals surface area contributed by atoms with Crippen LogP contribution in [-0.4, -0.2) is 34.5 Å². The smallest absolute Gasteiger partial charge is 0.383 e. The second-order valence-corrected chi connectivity index (χ2v) is 15.0. The summed E-state index contributed by atoms with van der Waals surface area (Å²) in [6.45, 7) is 3.69. The zero-order valence-corrected chi connectivity index (χ0v) is 26.4. The third-order valence-corrected chi connectivity index (χ3v) is 12.6. The molecule has 242 valence electrons. The van der Waals surface area contributed by atoms with E-state index < -0.39 is 29.5 Å². The Morgan fingerprint density at radius 1 is 0.833 bits per heavy atom. The molecule has 7 atom stereocenters. The first kappa shape index (κ1) is 34.2. The molecule has 3 fully saturated rings. The number of ketones is 1. The molecule has 0 aromatic heterocycles. The van der Waals surface area contributed by atoms with E-state index in [1.54, 1.807) is 0 Å². The van der Waals surface area contributed by atoms with Crippen molar-refractivity contribution in [2.75, 3.05) is 5.88 Å². The molecule has 0 aromatic carbocycles. The van der Waals surface area contributed by atoms with Crippen molar-refractivity contribution < 1.29 is 31.9 Å². The lowest BCUT2D eigenvalue weighted by atomic mass is 9.43. The lowest BCUT2D eigenvalue weighted by Gasteiger charge is -2.62. The number of unbranched alkanes of at least 4 members (excludes halogenated alkanes) is 10. The van der Waals surface area contributed by atoms with E-state index in [0.29, 0.717) is 25.7 Å². The fourth-order valence-electron chi connectivity index (χ4n) is 9.86. The minimum Gasteiger partial charge on any atom is -0.383 e. The molecular formula is C34H52ClF5O2. The SMILES string of the molecule is C[C@]12CCC(=O)C=C1C[C@@H](CCCCCCCCCCCCCCl)[C@@H]1[C@@H]2CC[C@@]2(C)[C@H]1CC[C@@]2(O)C(F)(F)C(F)(F)F. The van der Waals surface area contributed by atoms with Gasteiger partial charge in [-0.15, -0.1) is 11.6 Å². The van der Waals surface area contributed by atoms with Gasteiger partial charge in [-0.1, -0.05) is 83.6 Å². The first-order chi connectivity index (χ1) is 19.7. The fraction of sp³-hybridized carbons (Fsp3) is 0.912. The van der Waals surface area contributed by atoms with Crippen molar-refractivity contribution in [2.45, 2.75) is 154 Å². The molecule has 1 N–H and O–H groups in total. The lowest BCUT2D eigenvalue weighted by Crippen LogP contribution is -2.66. The average molecular weight is 623 g/mol. The number of carbonyl (C=O) groups is 1. The highest BCUT2D eigenvalue weighted by molar-refractivity contribution is 6.17. The Bertz CT molecular complexity index is 966. The van der Waals surface area contributed by atoms with Gasteiger partial charge < -0.3 is 5.11 Å². The first-order valence-corrected chi connectivity index (χ1v) is 17.2. The summed E-state index contributed by atoms with van der Waals surface area (Å²) in [5.74, 6) is -4.40. The summed E-state index contributed by atoms with van der Waals surface area (Å²) in [6.07, 6.45) is 12.1. The summed E-state index contributed by atoms with van der Waals surface area (Å²) >= 11 is 5.73. The topological polar surface area (TPSA) is 37.3 Å². The lowest BCUT2D eigenvalue weighted by molar-refractivity contribution is -0.364. The van der Waals surface area contributed by atoms with E-state index in [9.17, 15) is 31.9 Å². The second-order valence-electron chi connectivity index (χ2n) is 14.6.